The summed E-state index contributed by atoms with van der Waals surface area (Å²) in [5, 5.41) is 7.38. The molecule has 16 heteroatoms. The van der Waals surface area contributed by atoms with Gasteiger partial charge in [-0.1, -0.05) is 80.8 Å². The molecular weight excluding hydrogens is 894 g/mol. The van der Waals surface area contributed by atoms with E-state index in [9.17, 15) is 14.4 Å². The Kier molecular flexibility index (Phi) is 17.6. The fourth-order valence-electron chi connectivity index (χ4n) is 10.4. The zero-order valence-electron chi connectivity index (χ0n) is 41.5. The van der Waals surface area contributed by atoms with E-state index in [4.69, 9.17) is 59.5 Å². The lowest BCUT2D eigenvalue weighted by molar-refractivity contribution is -0.303. The third kappa shape index (κ3) is 11.8. The van der Waals surface area contributed by atoms with E-state index in [1.165, 1.54) is 6.92 Å². The summed E-state index contributed by atoms with van der Waals surface area (Å²) < 4.78 is 51.5. The van der Waals surface area contributed by atoms with Gasteiger partial charge in [-0.2, -0.15) is 0 Å². The van der Waals surface area contributed by atoms with Crippen LogP contribution in [0.15, 0.2) is 78.4 Å². The molecule has 15 nitrogen and oxygen atoms in total. The topological polar surface area (TPSA) is 163 Å². The van der Waals surface area contributed by atoms with Crippen LogP contribution in [0.5, 0.6) is 0 Å². The molecular formula is C52H70ClN3O12. The lowest BCUT2D eigenvalue weighted by Crippen LogP contribution is -2.61. The van der Waals surface area contributed by atoms with E-state index in [0.29, 0.717) is 23.6 Å². The average Bonchev–Trinajstić information content (AvgIpc) is 3.62. The van der Waals surface area contributed by atoms with Crippen LogP contribution >= 0.6 is 11.6 Å². The highest BCUT2D eigenvalue weighted by molar-refractivity contribution is 6.31. The van der Waals surface area contributed by atoms with Crippen molar-refractivity contribution in [2.24, 2.45) is 28.8 Å². The van der Waals surface area contributed by atoms with Crippen LogP contribution in [-0.2, 0) is 65.3 Å². The minimum atomic E-state index is -1.43. The average molecular weight is 965 g/mol. The van der Waals surface area contributed by atoms with E-state index in [1.54, 1.807) is 39.5 Å². The third-order valence-electron chi connectivity index (χ3n) is 14.0. The number of rotatable bonds is 13. The maximum atomic E-state index is 14.8. The highest BCUT2D eigenvalue weighted by atomic mass is 35.5. The number of likely N-dealkylation sites (N-methyl/N-ethyl adjacent to an activating group) is 1. The summed E-state index contributed by atoms with van der Waals surface area (Å²) in [7, 11) is 5.46. The second-order valence-corrected chi connectivity index (χ2v) is 19.7. The van der Waals surface area contributed by atoms with Gasteiger partial charge in [0.1, 0.15) is 18.8 Å². The summed E-state index contributed by atoms with van der Waals surface area (Å²) in [6.45, 7) is 16.5. The third-order valence-corrected chi connectivity index (χ3v) is 14.4. The fourth-order valence-corrected chi connectivity index (χ4v) is 10.6. The van der Waals surface area contributed by atoms with Crippen LogP contribution in [0.2, 0.25) is 5.02 Å². The monoisotopic (exact) mass is 963 g/mol. The Morgan fingerprint density at radius 1 is 0.985 bits per heavy atom. The molecule has 14 atom stereocenters. The Morgan fingerprint density at radius 3 is 2.41 bits per heavy atom. The van der Waals surface area contributed by atoms with Gasteiger partial charge in [-0.15, -0.1) is 0 Å². The minimum absolute atomic E-state index is 0.0598. The number of hydrogen-bond donors (Lipinski definition) is 0. The van der Waals surface area contributed by atoms with Gasteiger partial charge < -0.3 is 47.6 Å². The van der Waals surface area contributed by atoms with E-state index in [0.717, 1.165) is 21.9 Å². The quantitative estimate of drug-likeness (QED) is 0.0689. The zero-order valence-corrected chi connectivity index (χ0v) is 42.3. The van der Waals surface area contributed by atoms with Gasteiger partial charge in [-0.3, -0.25) is 14.6 Å². The van der Waals surface area contributed by atoms with Gasteiger partial charge in [0.25, 0.3) is 0 Å². The Bertz CT molecular complexity index is 2270. The van der Waals surface area contributed by atoms with Crippen molar-refractivity contribution >= 4 is 46.2 Å². The smallest absolute Gasteiger partial charge is 0.497 e. The molecule has 3 aromatic rings. The molecule has 3 fully saturated rings. The van der Waals surface area contributed by atoms with E-state index >= 15 is 0 Å². The van der Waals surface area contributed by atoms with Gasteiger partial charge in [0.2, 0.25) is 0 Å². The molecule has 0 radical (unpaired) electrons. The van der Waals surface area contributed by atoms with Gasteiger partial charge in [0, 0.05) is 60.2 Å². The highest BCUT2D eigenvalue weighted by Gasteiger charge is 2.59. The first kappa shape index (κ1) is 52.6. The van der Waals surface area contributed by atoms with Crippen molar-refractivity contribution in [2.45, 2.75) is 155 Å². The molecule has 0 amide bonds. The van der Waals surface area contributed by atoms with Crippen LogP contribution in [0.3, 0.4) is 0 Å². The van der Waals surface area contributed by atoms with E-state index in [-0.39, 0.29) is 31.6 Å². The molecule has 0 unspecified atom stereocenters. The summed E-state index contributed by atoms with van der Waals surface area (Å²) in [5.74, 6) is -3.71. The van der Waals surface area contributed by atoms with Crippen molar-refractivity contribution in [1.82, 2.24) is 9.88 Å². The second kappa shape index (κ2) is 22.7. The largest absolute Gasteiger partial charge is 0.509 e. The molecule has 2 aromatic carbocycles. The number of aromatic nitrogens is 1. The molecule has 4 heterocycles. The highest BCUT2D eigenvalue weighted by Crippen LogP contribution is 2.43. The number of esters is 2. The molecule has 0 N–H and O–H groups in total. The van der Waals surface area contributed by atoms with Crippen molar-refractivity contribution in [3.05, 3.63) is 89.4 Å². The van der Waals surface area contributed by atoms with Crippen LogP contribution in [0.1, 0.15) is 92.7 Å². The van der Waals surface area contributed by atoms with E-state index in [1.807, 2.05) is 109 Å². The molecule has 0 aliphatic carbocycles. The molecule has 68 heavy (non-hydrogen) atoms. The van der Waals surface area contributed by atoms with Crippen molar-refractivity contribution in [2.75, 3.05) is 21.2 Å². The van der Waals surface area contributed by atoms with Gasteiger partial charge in [-0.05, 0) is 96.6 Å². The molecule has 0 spiro atoms. The van der Waals surface area contributed by atoms with Gasteiger partial charge in [-0.25, -0.2) is 4.79 Å². The normalized spacial score (nSPS) is 34.5. The van der Waals surface area contributed by atoms with Crippen molar-refractivity contribution in [1.29, 1.82) is 0 Å². The van der Waals surface area contributed by atoms with Crippen LogP contribution in [-0.4, -0.2) is 115 Å². The predicted octanol–water partition coefficient (Wildman–Crippen LogP) is 9.25. The summed E-state index contributed by atoms with van der Waals surface area (Å²) in [6.07, 6.45) is 2.02. The molecule has 0 saturated carbocycles. The molecule has 1 aromatic heterocycles. The number of cyclic esters (lactones) is 1. The number of carbonyl (C=O) groups excluding carboxylic acids is 3. The van der Waals surface area contributed by atoms with Crippen LogP contribution in [0.25, 0.3) is 10.8 Å². The molecule has 3 aliphatic rings. The number of hydrogen-bond acceptors (Lipinski definition) is 15. The summed E-state index contributed by atoms with van der Waals surface area (Å²) in [6, 6.07) is 15.1. The van der Waals surface area contributed by atoms with Crippen LogP contribution in [0.4, 0.5) is 4.79 Å². The van der Waals surface area contributed by atoms with E-state index in [2.05, 4.69) is 11.1 Å². The lowest BCUT2D eigenvalue weighted by atomic mass is 9.73. The summed E-state index contributed by atoms with van der Waals surface area (Å²) in [4.78, 5) is 53.1. The molecule has 0 bridgehead atoms. The number of oxime groups is 1. The summed E-state index contributed by atoms with van der Waals surface area (Å²) in [5.41, 5.74) is -0.302. The number of pyridine rings is 1. The standard InChI is InChI=1S/C52H70ClN3O12/c1-13-42-52(9)47(67-50(59)68-52)32(4)43(55-62-29-38-18-14-15-22-40(38)53)30(2)27-51(8,60-12)46(66-49-45(64-35(7)57)41(56(10)11)26-31(3)63-49)33(5)44(34(6)48(58)65-42)61-25-17-21-36-19-16-20-37-28-54-24-23-39(36)37/h14-20,22-25,28,30-34,41-42,44-47,49H,13,21,26-27,29H2,1-12H3/b25-17-,55-43+/t30-,31-,32+,33+,34-,41+,42-,44+,45-,46-,47-,49+,51-,52-/m1/s1. The molecule has 6 rings (SSSR count). The molecule has 372 valence electrons. The zero-order chi connectivity index (χ0) is 49.5. The van der Waals surface area contributed by atoms with Gasteiger partial charge >= 0.3 is 18.1 Å². The molecule has 3 aliphatic heterocycles. The number of nitrogens with zero attached hydrogens (tertiary/aromatic N) is 3. The fraction of sp³-hybridized carbons (Fsp3) is 0.596. The Balaban J connectivity index is 1.48. The maximum Gasteiger partial charge on any atom is 0.509 e. The predicted molar refractivity (Wildman–Crippen MR) is 257 cm³/mol. The number of ether oxygens (including phenoxy) is 8. The van der Waals surface area contributed by atoms with E-state index < -0.39 is 89.8 Å². The number of allylic oxidation sites excluding steroid dienone is 1. The Hall–Kier alpha value is -4.80. The molecule has 3 saturated heterocycles. The minimum Gasteiger partial charge on any atom is -0.497 e. The first-order chi connectivity index (χ1) is 32.3. The number of carbonyl (C=O) groups is 3. The van der Waals surface area contributed by atoms with Crippen molar-refractivity contribution in [3.63, 3.8) is 0 Å². The summed E-state index contributed by atoms with van der Waals surface area (Å²) >= 11 is 6.52. The first-order valence-electron chi connectivity index (χ1n) is 23.7. The van der Waals surface area contributed by atoms with Crippen molar-refractivity contribution in [3.8, 4) is 0 Å². The number of benzene rings is 2. The number of methoxy groups -OCH3 is 1. The van der Waals surface area contributed by atoms with Crippen LogP contribution < -0.4 is 0 Å². The lowest BCUT2D eigenvalue weighted by Gasteiger charge is -2.49. The van der Waals surface area contributed by atoms with Gasteiger partial charge in [0.15, 0.2) is 24.1 Å². The Labute approximate surface area is 406 Å². The number of halogens is 1. The first-order valence-corrected chi connectivity index (χ1v) is 24.0. The Morgan fingerprint density at radius 2 is 1.72 bits per heavy atom. The number of fused-ring (bicyclic) bond motifs is 2. The maximum absolute atomic E-state index is 14.8. The van der Waals surface area contributed by atoms with Crippen LogP contribution in [0, 0.1) is 23.7 Å². The van der Waals surface area contributed by atoms with Gasteiger partial charge in [0.05, 0.1) is 41.7 Å². The second-order valence-electron chi connectivity index (χ2n) is 19.3. The SMILES string of the molecule is CC[C@H]1OC(=O)[C@H](C)[C@@H](O/C=C\Cc2cccc3cnccc23)[C@H](C)[C@@H](O[C@@H]2O[C@H](C)C[C@H](N(C)C)[C@H]2OC(C)=O)[C@](C)(OC)C[C@@H](C)/C(=N\OCc2ccccc2Cl)[C@H](C)[C@H]2OC(=O)O[C@@]21C. The van der Waals surface area contributed by atoms with Crippen molar-refractivity contribution < 1.29 is 57.1 Å².